The number of carbonyl (C=O) groups is 1. The van der Waals surface area contributed by atoms with Crippen LogP contribution in [0.15, 0.2) is 35.1 Å². The Morgan fingerprint density at radius 3 is 2.58 bits per heavy atom. The van der Waals surface area contributed by atoms with E-state index in [1.165, 1.54) is 10.7 Å². The number of benzene rings is 1. The van der Waals surface area contributed by atoms with Gasteiger partial charge < -0.3 is 4.90 Å². The third-order valence-corrected chi connectivity index (χ3v) is 4.86. The Morgan fingerprint density at radius 1 is 1.17 bits per heavy atom. The molecule has 3 rings (SSSR count). The molecule has 1 saturated heterocycles. The third kappa shape index (κ3) is 3.30. The van der Waals surface area contributed by atoms with Gasteiger partial charge in [0, 0.05) is 18.7 Å². The maximum Gasteiger partial charge on any atom is 0.272 e. The molecule has 0 bridgehead atoms. The molecule has 1 aliphatic heterocycles. The molecule has 1 amide bonds. The average molecular weight is 327 g/mol. The van der Waals surface area contributed by atoms with E-state index in [-0.39, 0.29) is 17.5 Å². The summed E-state index contributed by atoms with van der Waals surface area (Å²) in [5.74, 6) is 0.406. The summed E-state index contributed by atoms with van der Waals surface area (Å²) in [6, 6.07) is 9.25. The van der Waals surface area contributed by atoms with Gasteiger partial charge in [-0.25, -0.2) is 4.68 Å². The van der Waals surface area contributed by atoms with Gasteiger partial charge in [0.05, 0.1) is 5.69 Å². The lowest BCUT2D eigenvalue weighted by Gasteiger charge is -2.28. The Morgan fingerprint density at radius 2 is 1.88 bits per heavy atom. The first-order chi connectivity index (χ1) is 11.5. The second kappa shape index (κ2) is 6.67. The highest BCUT2D eigenvalue weighted by Crippen LogP contribution is 2.22. The largest absolute Gasteiger partial charge is 0.334 e. The highest BCUT2D eigenvalue weighted by molar-refractivity contribution is 5.92. The number of nitrogens with one attached hydrogen (secondary N) is 1. The van der Waals surface area contributed by atoms with Gasteiger partial charge in [-0.15, -0.1) is 0 Å². The predicted molar refractivity (Wildman–Crippen MR) is 94.6 cm³/mol. The fourth-order valence-corrected chi connectivity index (χ4v) is 3.35. The summed E-state index contributed by atoms with van der Waals surface area (Å²) in [4.78, 5) is 27.1. The number of likely N-dealkylation sites (tertiary alicyclic amines) is 1. The van der Waals surface area contributed by atoms with Gasteiger partial charge in [0.15, 0.2) is 0 Å². The monoisotopic (exact) mass is 327 g/mol. The molecule has 0 radical (unpaired) electrons. The molecule has 1 fully saturated rings. The second-order valence-electron chi connectivity index (χ2n) is 7.02. The molecule has 0 saturated carbocycles. The van der Waals surface area contributed by atoms with E-state index in [0.29, 0.717) is 11.6 Å². The molecule has 1 N–H and O–H groups in total. The first kappa shape index (κ1) is 16.6. The number of carbonyl (C=O) groups excluding carboxylic acids is 1. The minimum Gasteiger partial charge on any atom is -0.334 e. The predicted octanol–water partition coefficient (Wildman–Crippen LogP) is 3.12. The first-order valence-corrected chi connectivity index (χ1v) is 8.66. The van der Waals surface area contributed by atoms with Gasteiger partial charge in [0.2, 0.25) is 0 Å². The van der Waals surface area contributed by atoms with Crippen LogP contribution in [0.5, 0.6) is 0 Å². The standard InChI is InChI=1S/C19H25N3O2/c1-13-7-9-16(10-8-13)22-18(23)11-17(20-22)19(24)21-12-14(2)5-4-6-15(21)3/h7-11,14-15,20H,4-6,12H2,1-3H3/t14-,15-/m1/s1. The molecule has 1 aromatic carbocycles. The lowest BCUT2D eigenvalue weighted by atomic mass is 10.1. The van der Waals surface area contributed by atoms with E-state index < -0.39 is 0 Å². The van der Waals surface area contributed by atoms with Gasteiger partial charge in [-0.1, -0.05) is 31.0 Å². The van der Waals surface area contributed by atoms with Crippen LogP contribution in [0, 0.1) is 12.8 Å². The lowest BCUT2D eigenvalue weighted by molar-refractivity contribution is 0.0671. The van der Waals surface area contributed by atoms with Gasteiger partial charge in [-0.3, -0.25) is 14.7 Å². The van der Waals surface area contributed by atoms with Crippen LogP contribution in [-0.4, -0.2) is 33.2 Å². The van der Waals surface area contributed by atoms with Crippen molar-refractivity contribution < 1.29 is 4.79 Å². The van der Waals surface area contributed by atoms with E-state index in [4.69, 9.17) is 0 Å². The molecule has 128 valence electrons. The Balaban J connectivity index is 1.89. The van der Waals surface area contributed by atoms with Gasteiger partial charge >= 0.3 is 0 Å². The maximum atomic E-state index is 12.9. The number of aromatic amines is 1. The van der Waals surface area contributed by atoms with Crippen molar-refractivity contribution in [1.29, 1.82) is 0 Å². The summed E-state index contributed by atoms with van der Waals surface area (Å²) in [5.41, 5.74) is 2.02. The number of aryl methyl sites for hydroxylation is 1. The van der Waals surface area contributed by atoms with Crippen LogP contribution in [-0.2, 0) is 0 Å². The molecule has 24 heavy (non-hydrogen) atoms. The normalized spacial score (nSPS) is 21.5. The number of amides is 1. The summed E-state index contributed by atoms with van der Waals surface area (Å²) in [7, 11) is 0. The van der Waals surface area contributed by atoms with Crippen LogP contribution in [0.4, 0.5) is 0 Å². The molecule has 2 aromatic rings. The number of H-pyrrole nitrogens is 1. The highest BCUT2D eigenvalue weighted by atomic mass is 16.2. The molecule has 0 spiro atoms. The van der Waals surface area contributed by atoms with E-state index in [2.05, 4.69) is 18.9 Å². The zero-order valence-corrected chi connectivity index (χ0v) is 14.6. The fraction of sp³-hybridized carbons (Fsp3) is 0.474. The van der Waals surface area contributed by atoms with Gasteiger partial charge in [-0.05, 0) is 44.7 Å². The summed E-state index contributed by atoms with van der Waals surface area (Å²) in [5, 5.41) is 2.98. The minimum absolute atomic E-state index is 0.0841. The smallest absolute Gasteiger partial charge is 0.272 e. The van der Waals surface area contributed by atoms with Crippen molar-refractivity contribution in [1.82, 2.24) is 14.7 Å². The van der Waals surface area contributed by atoms with Gasteiger partial charge in [0.1, 0.15) is 5.69 Å². The highest BCUT2D eigenvalue weighted by Gasteiger charge is 2.27. The van der Waals surface area contributed by atoms with Crippen LogP contribution >= 0.6 is 0 Å². The molecule has 5 nitrogen and oxygen atoms in total. The average Bonchev–Trinajstić information content (AvgIpc) is 2.85. The maximum absolute atomic E-state index is 12.9. The van der Waals surface area contributed by atoms with Crippen molar-refractivity contribution in [3.8, 4) is 5.69 Å². The fourth-order valence-electron chi connectivity index (χ4n) is 3.35. The number of hydrogen-bond donors (Lipinski definition) is 1. The molecule has 0 aliphatic carbocycles. The third-order valence-electron chi connectivity index (χ3n) is 4.86. The van der Waals surface area contributed by atoms with Crippen molar-refractivity contribution >= 4 is 5.91 Å². The minimum atomic E-state index is -0.210. The Labute approximate surface area is 142 Å². The number of nitrogens with zero attached hydrogens (tertiary/aromatic N) is 2. The quantitative estimate of drug-likeness (QED) is 0.921. The van der Waals surface area contributed by atoms with Gasteiger partial charge in [-0.2, -0.15) is 0 Å². The van der Waals surface area contributed by atoms with Crippen molar-refractivity contribution in [3.63, 3.8) is 0 Å². The van der Waals surface area contributed by atoms with Crippen molar-refractivity contribution in [3.05, 3.63) is 51.9 Å². The van der Waals surface area contributed by atoms with Crippen LogP contribution in [0.1, 0.15) is 49.2 Å². The topological polar surface area (TPSA) is 58.1 Å². The van der Waals surface area contributed by atoms with E-state index in [1.54, 1.807) is 0 Å². The van der Waals surface area contributed by atoms with Crippen LogP contribution < -0.4 is 5.56 Å². The molecule has 0 unspecified atom stereocenters. The van der Waals surface area contributed by atoms with E-state index in [1.807, 2.05) is 36.1 Å². The molecule has 5 heteroatoms. The molecule has 2 heterocycles. The number of rotatable bonds is 2. The molecule has 1 aliphatic rings. The summed E-state index contributed by atoms with van der Waals surface area (Å²) < 4.78 is 1.43. The second-order valence-corrected chi connectivity index (χ2v) is 7.02. The van der Waals surface area contributed by atoms with Crippen LogP contribution in [0.2, 0.25) is 0 Å². The summed E-state index contributed by atoms with van der Waals surface area (Å²) in [6.45, 7) is 7.01. The first-order valence-electron chi connectivity index (χ1n) is 8.66. The SMILES string of the molecule is Cc1ccc(-n2[nH]c(C(=O)N3C[C@H](C)CCC[C@H]3C)cc2=O)cc1. The molecular weight excluding hydrogens is 302 g/mol. The van der Waals surface area contributed by atoms with E-state index in [0.717, 1.165) is 37.1 Å². The van der Waals surface area contributed by atoms with Crippen molar-refractivity contribution in [2.75, 3.05) is 6.54 Å². The summed E-state index contributed by atoms with van der Waals surface area (Å²) in [6.07, 6.45) is 3.31. The summed E-state index contributed by atoms with van der Waals surface area (Å²) >= 11 is 0. The Kier molecular flexibility index (Phi) is 4.60. The van der Waals surface area contributed by atoms with Crippen molar-refractivity contribution in [2.45, 2.75) is 46.1 Å². The van der Waals surface area contributed by atoms with E-state index in [9.17, 15) is 9.59 Å². The number of hydrogen-bond acceptors (Lipinski definition) is 2. The van der Waals surface area contributed by atoms with E-state index >= 15 is 0 Å². The molecule has 1 aromatic heterocycles. The number of aromatic nitrogens is 2. The van der Waals surface area contributed by atoms with Gasteiger partial charge in [0.25, 0.3) is 11.5 Å². The Hall–Kier alpha value is -2.30. The van der Waals surface area contributed by atoms with Crippen molar-refractivity contribution in [2.24, 2.45) is 5.92 Å². The van der Waals surface area contributed by atoms with Crippen LogP contribution in [0.25, 0.3) is 5.69 Å². The zero-order valence-electron chi connectivity index (χ0n) is 14.6. The van der Waals surface area contributed by atoms with Crippen LogP contribution in [0.3, 0.4) is 0 Å². The zero-order chi connectivity index (χ0) is 17.3. The molecular formula is C19H25N3O2. The lowest BCUT2D eigenvalue weighted by Crippen LogP contribution is -2.40. The Bertz CT molecular complexity index is 773. The molecule has 2 atom stereocenters.